The molecule has 2 aromatic carbocycles. The molecule has 2 fully saturated rings. The number of aromatic nitrogens is 2. The van der Waals surface area contributed by atoms with Crippen LogP contribution in [0.3, 0.4) is 0 Å². The van der Waals surface area contributed by atoms with Crippen LogP contribution in [-0.2, 0) is 9.53 Å². The fourth-order valence-corrected chi connectivity index (χ4v) is 8.11. The molecular formula is C31H35F2N5O3S. The van der Waals surface area contributed by atoms with E-state index in [1.165, 1.54) is 18.2 Å². The minimum absolute atomic E-state index is 0.122. The topological polar surface area (TPSA) is 70.9 Å². The van der Waals surface area contributed by atoms with Crippen molar-refractivity contribution in [2.75, 3.05) is 56.6 Å². The fraction of sp³-hybridized carbons (Fsp3) is 0.452. The number of ether oxygens (including phenoxy) is 1. The minimum atomic E-state index is -0.640. The molecule has 3 atom stereocenters. The van der Waals surface area contributed by atoms with E-state index in [0.29, 0.717) is 55.5 Å². The summed E-state index contributed by atoms with van der Waals surface area (Å²) in [5.41, 5.74) is 2.17. The summed E-state index contributed by atoms with van der Waals surface area (Å²) in [6, 6.07) is 5.24. The normalized spacial score (nSPS) is 22.9. The van der Waals surface area contributed by atoms with E-state index in [9.17, 15) is 14.0 Å². The average Bonchev–Trinajstić information content (AvgIpc) is 2.96. The van der Waals surface area contributed by atoms with Gasteiger partial charge in [-0.1, -0.05) is 6.58 Å². The Bertz CT molecular complexity index is 1610. The van der Waals surface area contributed by atoms with Crippen molar-refractivity contribution in [3.05, 3.63) is 64.6 Å². The second-order valence-electron chi connectivity index (χ2n) is 11.4. The lowest BCUT2D eigenvalue weighted by atomic mass is 9.96. The lowest BCUT2D eigenvalue weighted by Crippen LogP contribution is -2.58. The molecular weight excluding hydrogens is 560 g/mol. The first kappa shape index (κ1) is 28.8. The Kier molecular flexibility index (Phi) is 7.84. The SMILES string of the molecule is C=CC(=O)N1[C@H](C)CN(c2nc(=O)n3c4c(c(-c5ccc(F)cc5F)c(C)cc24)SCC3CN2CCOCC2)C[C@@H]1C. The van der Waals surface area contributed by atoms with Crippen molar-refractivity contribution in [3.8, 4) is 11.1 Å². The Morgan fingerprint density at radius 2 is 1.88 bits per heavy atom. The van der Waals surface area contributed by atoms with Crippen LogP contribution in [0, 0.1) is 18.6 Å². The average molecular weight is 596 g/mol. The van der Waals surface area contributed by atoms with Crippen molar-refractivity contribution in [3.63, 3.8) is 0 Å². The summed E-state index contributed by atoms with van der Waals surface area (Å²) >= 11 is 1.61. The summed E-state index contributed by atoms with van der Waals surface area (Å²) < 4.78 is 36.4. The Labute approximate surface area is 247 Å². The van der Waals surface area contributed by atoms with Gasteiger partial charge in [-0.05, 0) is 50.6 Å². The molecule has 0 spiro atoms. The van der Waals surface area contributed by atoms with Crippen LogP contribution in [-0.4, -0.2) is 89.0 Å². The second kappa shape index (κ2) is 11.4. The fourth-order valence-electron chi connectivity index (χ4n) is 6.74. The molecule has 3 aliphatic heterocycles. The van der Waals surface area contributed by atoms with Crippen LogP contribution in [0.25, 0.3) is 22.0 Å². The molecule has 0 N–H and O–H groups in total. The van der Waals surface area contributed by atoms with Gasteiger partial charge in [-0.15, -0.1) is 11.8 Å². The van der Waals surface area contributed by atoms with Crippen molar-refractivity contribution in [2.45, 2.75) is 43.8 Å². The second-order valence-corrected chi connectivity index (χ2v) is 12.5. The van der Waals surface area contributed by atoms with Gasteiger partial charge in [0.1, 0.15) is 17.5 Å². The first-order valence-corrected chi connectivity index (χ1v) is 15.3. The Balaban J connectivity index is 1.53. The van der Waals surface area contributed by atoms with Crippen molar-refractivity contribution in [1.29, 1.82) is 0 Å². The number of morpholine rings is 1. The summed E-state index contributed by atoms with van der Waals surface area (Å²) in [5, 5.41) is 0.815. The largest absolute Gasteiger partial charge is 0.379 e. The summed E-state index contributed by atoms with van der Waals surface area (Å²) in [4.78, 5) is 38.2. The van der Waals surface area contributed by atoms with Gasteiger partial charge in [-0.2, -0.15) is 4.98 Å². The van der Waals surface area contributed by atoms with E-state index in [2.05, 4.69) is 21.4 Å². The molecule has 0 aliphatic carbocycles. The van der Waals surface area contributed by atoms with Crippen LogP contribution in [0.4, 0.5) is 14.6 Å². The summed E-state index contributed by atoms with van der Waals surface area (Å²) in [6.07, 6.45) is 1.33. The van der Waals surface area contributed by atoms with Crippen molar-refractivity contribution < 1.29 is 18.3 Å². The Morgan fingerprint density at radius 1 is 1.17 bits per heavy atom. The van der Waals surface area contributed by atoms with Gasteiger partial charge >= 0.3 is 5.69 Å². The molecule has 11 heteroatoms. The molecule has 222 valence electrons. The van der Waals surface area contributed by atoms with Crippen LogP contribution in [0.1, 0.15) is 25.5 Å². The van der Waals surface area contributed by atoms with Gasteiger partial charge in [0.15, 0.2) is 0 Å². The molecule has 4 heterocycles. The van der Waals surface area contributed by atoms with Crippen LogP contribution in [0.2, 0.25) is 0 Å². The number of aryl methyl sites for hydroxylation is 1. The quantitative estimate of drug-likeness (QED) is 0.409. The van der Waals surface area contributed by atoms with Gasteiger partial charge < -0.3 is 14.5 Å². The number of carbonyl (C=O) groups excluding carboxylic acids is 1. The number of anilines is 1. The highest BCUT2D eigenvalue weighted by molar-refractivity contribution is 7.99. The maximum atomic E-state index is 15.2. The van der Waals surface area contributed by atoms with E-state index in [4.69, 9.17) is 4.74 Å². The van der Waals surface area contributed by atoms with Gasteiger partial charge in [-0.25, -0.2) is 13.6 Å². The van der Waals surface area contributed by atoms with E-state index in [1.54, 1.807) is 16.3 Å². The number of rotatable bonds is 5. The molecule has 3 aliphatic rings. The van der Waals surface area contributed by atoms with E-state index < -0.39 is 11.6 Å². The monoisotopic (exact) mass is 595 g/mol. The smallest absolute Gasteiger partial charge is 0.350 e. The third kappa shape index (κ3) is 5.01. The zero-order valence-electron chi connectivity index (χ0n) is 24.1. The van der Waals surface area contributed by atoms with Crippen LogP contribution < -0.4 is 10.6 Å². The maximum absolute atomic E-state index is 15.2. The predicted molar refractivity (Wildman–Crippen MR) is 161 cm³/mol. The maximum Gasteiger partial charge on any atom is 0.350 e. The number of benzene rings is 2. The zero-order valence-corrected chi connectivity index (χ0v) is 24.9. The molecule has 0 bridgehead atoms. The molecule has 1 amide bonds. The number of hydrogen-bond donors (Lipinski definition) is 0. The van der Waals surface area contributed by atoms with E-state index in [1.807, 2.05) is 31.7 Å². The molecule has 0 saturated carbocycles. The number of hydrogen-bond acceptors (Lipinski definition) is 7. The van der Waals surface area contributed by atoms with E-state index in [-0.39, 0.29) is 29.7 Å². The van der Waals surface area contributed by atoms with Gasteiger partial charge in [0.2, 0.25) is 5.91 Å². The number of carbonyl (C=O) groups is 1. The number of halogens is 2. The molecule has 6 rings (SSSR count). The zero-order chi connectivity index (χ0) is 29.7. The lowest BCUT2D eigenvalue weighted by Gasteiger charge is -2.45. The number of piperazine rings is 1. The first-order valence-electron chi connectivity index (χ1n) is 14.4. The van der Waals surface area contributed by atoms with E-state index >= 15 is 4.39 Å². The highest BCUT2D eigenvalue weighted by Crippen LogP contribution is 2.46. The highest BCUT2D eigenvalue weighted by atomic mass is 32.2. The highest BCUT2D eigenvalue weighted by Gasteiger charge is 2.36. The number of amides is 1. The minimum Gasteiger partial charge on any atom is -0.379 e. The summed E-state index contributed by atoms with van der Waals surface area (Å²) in [6.45, 7) is 14.1. The third-order valence-corrected chi connectivity index (χ3v) is 9.79. The van der Waals surface area contributed by atoms with Crippen LogP contribution in [0.5, 0.6) is 0 Å². The number of thioether (sulfide) groups is 1. The molecule has 8 nitrogen and oxygen atoms in total. The molecule has 3 aromatic rings. The van der Waals surface area contributed by atoms with E-state index in [0.717, 1.165) is 40.5 Å². The number of nitrogens with zero attached hydrogens (tertiary/aromatic N) is 5. The third-order valence-electron chi connectivity index (χ3n) is 8.55. The van der Waals surface area contributed by atoms with Crippen LogP contribution >= 0.6 is 11.8 Å². The van der Waals surface area contributed by atoms with Gasteiger partial charge in [0, 0.05) is 78.0 Å². The summed E-state index contributed by atoms with van der Waals surface area (Å²) in [5.74, 6) is -0.209. The lowest BCUT2D eigenvalue weighted by molar-refractivity contribution is -0.130. The molecule has 42 heavy (non-hydrogen) atoms. The molecule has 1 aromatic heterocycles. The predicted octanol–water partition coefficient (Wildman–Crippen LogP) is 4.24. The Morgan fingerprint density at radius 3 is 2.55 bits per heavy atom. The van der Waals surface area contributed by atoms with Gasteiger partial charge in [-0.3, -0.25) is 14.3 Å². The molecule has 0 radical (unpaired) electrons. The van der Waals surface area contributed by atoms with Gasteiger partial charge in [0.05, 0.1) is 24.8 Å². The van der Waals surface area contributed by atoms with Gasteiger partial charge in [0.25, 0.3) is 0 Å². The van der Waals surface area contributed by atoms with Crippen molar-refractivity contribution >= 4 is 34.4 Å². The van der Waals surface area contributed by atoms with Crippen LogP contribution in [0.15, 0.2) is 46.6 Å². The van der Waals surface area contributed by atoms with Crippen molar-refractivity contribution in [2.24, 2.45) is 0 Å². The standard InChI is InChI=1S/C31H35F2N5O3S/c1-5-26(39)37-19(3)14-36(15-20(37)4)30-24-12-18(2)27(23-7-6-21(32)13-25(23)33)29-28(24)38(31(40)34-30)22(17-42-29)16-35-8-10-41-11-9-35/h5-7,12-13,19-20,22H,1,8-11,14-17H2,2-4H3/t19-,20+,22?. The molecule has 2 saturated heterocycles. The summed E-state index contributed by atoms with van der Waals surface area (Å²) in [7, 11) is 0. The van der Waals surface area contributed by atoms with Crippen molar-refractivity contribution in [1.82, 2.24) is 19.4 Å². The first-order chi connectivity index (χ1) is 20.2. The molecule has 1 unspecified atom stereocenters. The Hall–Kier alpha value is -3.28.